The second-order valence-corrected chi connectivity index (χ2v) is 3.56. The minimum Gasteiger partial charge on any atom is -0.325 e. The molecule has 2 nitrogen and oxygen atoms in total. The Morgan fingerprint density at radius 3 is 2.64 bits per heavy atom. The van der Waals surface area contributed by atoms with Gasteiger partial charge in [0.15, 0.2) is 0 Å². The molecule has 1 aliphatic rings. The molecule has 0 radical (unpaired) electrons. The van der Waals surface area contributed by atoms with E-state index in [9.17, 15) is 4.39 Å². The summed E-state index contributed by atoms with van der Waals surface area (Å²) in [5, 5.41) is 0. The Morgan fingerprint density at radius 1 is 1.55 bits per heavy atom. The van der Waals surface area contributed by atoms with Crippen LogP contribution < -0.4 is 5.73 Å². The van der Waals surface area contributed by atoms with Crippen molar-refractivity contribution in [1.82, 2.24) is 4.90 Å². The van der Waals surface area contributed by atoms with Crippen LogP contribution in [-0.2, 0) is 0 Å². The van der Waals surface area contributed by atoms with E-state index in [1.165, 1.54) is 0 Å². The molecule has 1 rings (SSSR count). The summed E-state index contributed by atoms with van der Waals surface area (Å²) in [7, 11) is 0. The zero-order valence-electron chi connectivity index (χ0n) is 7.26. The molecule has 3 heteroatoms. The van der Waals surface area contributed by atoms with Crippen molar-refractivity contribution in [3.05, 3.63) is 0 Å². The van der Waals surface area contributed by atoms with Crippen LogP contribution in [0.2, 0.25) is 0 Å². The summed E-state index contributed by atoms with van der Waals surface area (Å²) in [5.41, 5.74) is 5.54. The van der Waals surface area contributed by atoms with Gasteiger partial charge in [0.2, 0.25) is 0 Å². The first kappa shape index (κ1) is 8.94. The Hall–Kier alpha value is -0.150. The first-order chi connectivity index (χ1) is 5.11. The van der Waals surface area contributed by atoms with Crippen LogP contribution in [0.1, 0.15) is 20.3 Å². The molecule has 0 aliphatic carbocycles. The minimum absolute atomic E-state index is 0.231. The maximum absolute atomic E-state index is 13.0. The molecule has 66 valence electrons. The number of nitrogens with two attached hydrogens (primary N) is 1. The van der Waals surface area contributed by atoms with Crippen molar-refractivity contribution >= 4 is 0 Å². The summed E-state index contributed by atoms with van der Waals surface area (Å²) in [6, 6.07) is 0.214. The third kappa shape index (κ3) is 2.14. The molecule has 11 heavy (non-hydrogen) atoms. The fourth-order valence-corrected chi connectivity index (χ4v) is 1.42. The average molecular weight is 160 g/mol. The molecular formula is C8H17FN2. The normalized spacial score (nSPS) is 34.6. The number of piperidine rings is 1. The van der Waals surface area contributed by atoms with Crippen molar-refractivity contribution in [3.8, 4) is 0 Å². The van der Waals surface area contributed by atoms with Crippen LogP contribution in [-0.4, -0.2) is 36.2 Å². The van der Waals surface area contributed by atoms with Crippen LogP contribution in [0.25, 0.3) is 0 Å². The van der Waals surface area contributed by atoms with Crippen LogP contribution in [0.15, 0.2) is 0 Å². The van der Waals surface area contributed by atoms with Crippen molar-refractivity contribution in [2.75, 3.05) is 13.1 Å². The fraction of sp³-hybridized carbons (Fsp3) is 1.00. The van der Waals surface area contributed by atoms with Crippen molar-refractivity contribution in [1.29, 1.82) is 0 Å². The Bertz CT molecular complexity index is 127. The van der Waals surface area contributed by atoms with E-state index in [4.69, 9.17) is 5.73 Å². The molecule has 1 fully saturated rings. The van der Waals surface area contributed by atoms with Crippen molar-refractivity contribution in [2.45, 2.75) is 38.5 Å². The van der Waals surface area contributed by atoms with E-state index in [1.807, 2.05) is 0 Å². The van der Waals surface area contributed by atoms with Crippen molar-refractivity contribution < 1.29 is 4.39 Å². The van der Waals surface area contributed by atoms with Crippen LogP contribution >= 0.6 is 0 Å². The third-order valence-electron chi connectivity index (χ3n) is 2.35. The third-order valence-corrected chi connectivity index (χ3v) is 2.35. The van der Waals surface area contributed by atoms with Gasteiger partial charge in [0.1, 0.15) is 6.17 Å². The summed E-state index contributed by atoms with van der Waals surface area (Å²) in [6.45, 7) is 5.63. The molecule has 0 aromatic heterocycles. The predicted octanol–water partition coefficient (Wildman–Crippen LogP) is 0.766. The lowest BCUT2D eigenvalue weighted by atomic mass is 10.0. The number of hydrogen-bond donors (Lipinski definition) is 1. The van der Waals surface area contributed by atoms with Crippen molar-refractivity contribution in [2.24, 2.45) is 5.73 Å². The molecule has 0 bridgehead atoms. The maximum atomic E-state index is 13.0. The maximum Gasteiger partial charge on any atom is 0.128 e. The standard InChI is InChI=1S/C8H17FN2/c1-6(2)11-4-3-8(10)7(9)5-11/h6-8H,3-5,10H2,1-2H3. The highest BCUT2D eigenvalue weighted by Gasteiger charge is 2.27. The predicted molar refractivity (Wildman–Crippen MR) is 44.2 cm³/mol. The average Bonchev–Trinajstić information content (AvgIpc) is 1.94. The largest absolute Gasteiger partial charge is 0.325 e. The van der Waals surface area contributed by atoms with Crippen LogP contribution in [0.5, 0.6) is 0 Å². The SMILES string of the molecule is CC(C)N1CCC(N)C(F)C1. The first-order valence-electron chi connectivity index (χ1n) is 4.25. The van der Waals surface area contributed by atoms with Crippen LogP contribution in [0.4, 0.5) is 4.39 Å². The van der Waals surface area contributed by atoms with E-state index < -0.39 is 6.17 Å². The fourth-order valence-electron chi connectivity index (χ4n) is 1.42. The highest BCUT2D eigenvalue weighted by molar-refractivity contribution is 4.83. The van der Waals surface area contributed by atoms with Gasteiger partial charge in [0.05, 0.1) is 0 Å². The van der Waals surface area contributed by atoms with Crippen molar-refractivity contribution in [3.63, 3.8) is 0 Å². The number of hydrogen-bond acceptors (Lipinski definition) is 2. The minimum atomic E-state index is -0.828. The number of alkyl halides is 1. The van der Waals surface area contributed by atoms with E-state index in [1.54, 1.807) is 0 Å². The van der Waals surface area contributed by atoms with E-state index in [2.05, 4.69) is 18.7 Å². The molecule has 0 aromatic rings. The van der Waals surface area contributed by atoms with Crippen LogP contribution in [0, 0.1) is 0 Å². The summed E-state index contributed by atoms with van der Waals surface area (Å²) in [4.78, 5) is 2.13. The Labute approximate surface area is 67.6 Å². The van der Waals surface area contributed by atoms with Gasteiger partial charge in [0.25, 0.3) is 0 Å². The Balaban J connectivity index is 2.40. The number of nitrogens with zero attached hydrogens (tertiary/aromatic N) is 1. The molecular weight excluding hydrogens is 143 g/mol. The molecule has 2 N–H and O–H groups in total. The van der Waals surface area contributed by atoms with E-state index >= 15 is 0 Å². The van der Waals surface area contributed by atoms with Gasteiger partial charge in [0, 0.05) is 25.2 Å². The van der Waals surface area contributed by atoms with E-state index in [0.29, 0.717) is 12.6 Å². The van der Waals surface area contributed by atoms with Gasteiger partial charge in [-0.15, -0.1) is 0 Å². The number of rotatable bonds is 1. The number of likely N-dealkylation sites (tertiary alicyclic amines) is 1. The van der Waals surface area contributed by atoms with Gasteiger partial charge in [-0.05, 0) is 20.3 Å². The van der Waals surface area contributed by atoms with Gasteiger partial charge in [-0.1, -0.05) is 0 Å². The van der Waals surface area contributed by atoms with Crippen LogP contribution in [0.3, 0.4) is 0 Å². The second kappa shape index (κ2) is 3.50. The number of halogens is 1. The molecule has 0 spiro atoms. The topological polar surface area (TPSA) is 29.3 Å². The summed E-state index contributed by atoms with van der Waals surface area (Å²) in [6.07, 6.45) is -0.0366. The highest BCUT2D eigenvalue weighted by atomic mass is 19.1. The lowest BCUT2D eigenvalue weighted by Crippen LogP contribution is -2.50. The summed E-state index contributed by atoms with van der Waals surface area (Å²) >= 11 is 0. The summed E-state index contributed by atoms with van der Waals surface area (Å²) < 4.78 is 13.0. The smallest absolute Gasteiger partial charge is 0.128 e. The molecule has 2 atom stereocenters. The second-order valence-electron chi connectivity index (χ2n) is 3.56. The van der Waals surface area contributed by atoms with Gasteiger partial charge >= 0.3 is 0 Å². The molecule has 0 saturated carbocycles. The first-order valence-corrected chi connectivity index (χ1v) is 4.25. The zero-order valence-corrected chi connectivity index (χ0v) is 7.26. The van der Waals surface area contributed by atoms with Gasteiger partial charge < -0.3 is 5.73 Å². The highest BCUT2D eigenvalue weighted by Crippen LogP contribution is 2.14. The lowest BCUT2D eigenvalue weighted by Gasteiger charge is -2.35. The Morgan fingerprint density at radius 2 is 2.18 bits per heavy atom. The van der Waals surface area contributed by atoms with Gasteiger partial charge in [-0.3, -0.25) is 4.90 Å². The van der Waals surface area contributed by atoms with E-state index in [0.717, 1.165) is 13.0 Å². The van der Waals surface area contributed by atoms with E-state index in [-0.39, 0.29) is 6.04 Å². The molecule has 1 heterocycles. The molecule has 2 unspecified atom stereocenters. The molecule has 0 aromatic carbocycles. The van der Waals surface area contributed by atoms with Gasteiger partial charge in [-0.2, -0.15) is 0 Å². The monoisotopic (exact) mass is 160 g/mol. The molecule has 1 aliphatic heterocycles. The lowest BCUT2D eigenvalue weighted by molar-refractivity contribution is 0.0959. The molecule has 1 saturated heterocycles. The Kier molecular flexibility index (Phi) is 2.84. The molecule has 0 amide bonds. The van der Waals surface area contributed by atoms with Gasteiger partial charge in [-0.25, -0.2) is 4.39 Å². The quantitative estimate of drug-likeness (QED) is 0.614. The summed E-state index contributed by atoms with van der Waals surface area (Å²) in [5.74, 6) is 0. The zero-order chi connectivity index (χ0) is 8.43.